The van der Waals surface area contributed by atoms with Crippen molar-refractivity contribution in [2.45, 2.75) is 25.8 Å². The lowest BCUT2D eigenvalue weighted by atomic mass is 10.0. The smallest absolute Gasteiger partial charge is 0.323 e. The summed E-state index contributed by atoms with van der Waals surface area (Å²) >= 11 is 0. The van der Waals surface area contributed by atoms with Gasteiger partial charge in [0.05, 0.1) is 6.61 Å². The Kier molecular flexibility index (Phi) is 5.05. The zero-order chi connectivity index (χ0) is 11.3. The first kappa shape index (κ1) is 12.5. The van der Waals surface area contributed by atoms with Gasteiger partial charge in [-0.1, -0.05) is 0 Å². The third kappa shape index (κ3) is 3.80. The van der Waals surface area contributed by atoms with Gasteiger partial charge in [0.25, 0.3) is 0 Å². The molecule has 1 heterocycles. The van der Waals surface area contributed by atoms with E-state index in [-0.39, 0.29) is 12.0 Å². The van der Waals surface area contributed by atoms with Crippen LogP contribution < -0.4 is 0 Å². The second-order valence-electron chi connectivity index (χ2n) is 4.25. The zero-order valence-corrected chi connectivity index (χ0v) is 10.0. The molecule has 0 N–H and O–H groups in total. The molecule has 0 saturated carbocycles. The number of likely N-dealkylation sites (tertiary alicyclic amines) is 1. The number of ether oxygens (including phenoxy) is 1. The fourth-order valence-electron chi connectivity index (χ4n) is 1.80. The summed E-state index contributed by atoms with van der Waals surface area (Å²) in [5.74, 6) is -0.0476. The first-order chi connectivity index (χ1) is 7.15. The minimum atomic E-state index is -0.0476. The topological polar surface area (TPSA) is 32.8 Å². The van der Waals surface area contributed by atoms with Crippen LogP contribution in [0.15, 0.2) is 0 Å². The fraction of sp³-hybridized carbons (Fsp3) is 0.909. The summed E-state index contributed by atoms with van der Waals surface area (Å²) in [6, 6.07) is 0.0344. The van der Waals surface area contributed by atoms with Crippen molar-refractivity contribution in [3.63, 3.8) is 0 Å². The van der Waals surface area contributed by atoms with Crippen molar-refractivity contribution < 1.29 is 9.53 Å². The van der Waals surface area contributed by atoms with Crippen LogP contribution in [0.4, 0.5) is 0 Å². The van der Waals surface area contributed by atoms with E-state index in [1.807, 2.05) is 6.92 Å². The molecular formula is C11H22N2O2. The number of hydrogen-bond donors (Lipinski definition) is 0. The average molecular weight is 214 g/mol. The average Bonchev–Trinajstić information content (AvgIpc) is 2.10. The lowest BCUT2D eigenvalue weighted by Crippen LogP contribution is -2.53. The Labute approximate surface area is 92.2 Å². The Morgan fingerprint density at radius 2 is 2.27 bits per heavy atom. The molecule has 0 aromatic carbocycles. The molecule has 1 fully saturated rings. The van der Waals surface area contributed by atoms with Crippen LogP contribution in [0.2, 0.25) is 0 Å². The Morgan fingerprint density at radius 1 is 1.53 bits per heavy atom. The Hall–Kier alpha value is -0.610. The summed E-state index contributed by atoms with van der Waals surface area (Å²) in [4.78, 5) is 15.8. The van der Waals surface area contributed by atoms with Crippen LogP contribution in [0, 0.1) is 0 Å². The van der Waals surface area contributed by atoms with Gasteiger partial charge in [0.2, 0.25) is 0 Å². The predicted molar refractivity (Wildman–Crippen MR) is 59.8 cm³/mol. The molecule has 4 nitrogen and oxygen atoms in total. The standard InChI is InChI=1S/C11H22N2O2/c1-4-15-11(14)10-6-9-13(10)8-5-7-12(2)3/h10H,4-9H2,1-3H3. The highest BCUT2D eigenvalue weighted by atomic mass is 16.5. The summed E-state index contributed by atoms with van der Waals surface area (Å²) in [6.07, 6.45) is 2.07. The van der Waals surface area contributed by atoms with Crippen molar-refractivity contribution in [2.24, 2.45) is 0 Å². The summed E-state index contributed by atoms with van der Waals surface area (Å²) in [6.45, 7) is 5.46. The summed E-state index contributed by atoms with van der Waals surface area (Å²) < 4.78 is 5.01. The largest absolute Gasteiger partial charge is 0.465 e. The van der Waals surface area contributed by atoms with E-state index in [0.717, 1.165) is 32.5 Å². The van der Waals surface area contributed by atoms with Gasteiger partial charge in [0.15, 0.2) is 0 Å². The second kappa shape index (κ2) is 6.08. The van der Waals surface area contributed by atoms with E-state index in [0.29, 0.717) is 6.61 Å². The van der Waals surface area contributed by atoms with E-state index in [1.54, 1.807) is 0 Å². The quantitative estimate of drug-likeness (QED) is 0.605. The molecule has 1 atom stereocenters. The van der Waals surface area contributed by atoms with Gasteiger partial charge in [0.1, 0.15) is 6.04 Å². The molecule has 1 rings (SSSR count). The van der Waals surface area contributed by atoms with Crippen LogP contribution in [0.25, 0.3) is 0 Å². The maximum atomic E-state index is 11.5. The molecule has 1 saturated heterocycles. The number of carbonyl (C=O) groups is 1. The van der Waals surface area contributed by atoms with Gasteiger partial charge in [-0.05, 0) is 40.4 Å². The summed E-state index contributed by atoms with van der Waals surface area (Å²) in [7, 11) is 4.14. The molecule has 0 aliphatic carbocycles. The van der Waals surface area contributed by atoms with Gasteiger partial charge in [0, 0.05) is 13.1 Å². The lowest BCUT2D eigenvalue weighted by molar-refractivity contribution is -0.154. The molecule has 4 heteroatoms. The van der Waals surface area contributed by atoms with Crippen molar-refractivity contribution >= 4 is 5.97 Å². The van der Waals surface area contributed by atoms with Crippen LogP contribution in [0.5, 0.6) is 0 Å². The number of esters is 1. The van der Waals surface area contributed by atoms with Crippen molar-refractivity contribution in [2.75, 3.05) is 40.3 Å². The molecule has 0 aromatic rings. The van der Waals surface area contributed by atoms with Crippen molar-refractivity contribution in [3.05, 3.63) is 0 Å². The minimum absolute atomic E-state index is 0.0344. The van der Waals surface area contributed by atoms with Gasteiger partial charge >= 0.3 is 5.97 Å². The summed E-state index contributed by atoms with van der Waals surface area (Å²) in [5.41, 5.74) is 0. The SMILES string of the molecule is CCOC(=O)C1CCN1CCCN(C)C. The molecule has 1 unspecified atom stereocenters. The lowest BCUT2D eigenvalue weighted by Gasteiger charge is -2.39. The number of hydrogen-bond acceptors (Lipinski definition) is 4. The van der Waals surface area contributed by atoms with E-state index in [9.17, 15) is 4.79 Å². The number of rotatable bonds is 6. The van der Waals surface area contributed by atoms with E-state index in [4.69, 9.17) is 4.74 Å². The molecule has 0 bridgehead atoms. The molecule has 0 radical (unpaired) electrons. The highest BCUT2D eigenvalue weighted by Crippen LogP contribution is 2.18. The van der Waals surface area contributed by atoms with Gasteiger partial charge in [-0.25, -0.2) is 0 Å². The van der Waals surface area contributed by atoms with E-state index in [2.05, 4.69) is 23.9 Å². The van der Waals surface area contributed by atoms with Crippen molar-refractivity contribution in [3.8, 4) is 0 Å². The third-order valence-electron chi connectivity index (χ3n) is 2.74. The van der Waals surface area contributed by atoms with Gasteiger partial charge in [-0.2, -0.15) is 0 Å². The van der Waals surface area contributed by atoms with Crippen LogP contribution in [0.3, 0.4) is 0 Å². The molecule has 1 aliphatic rings. The molecule has 0 spiro atoms. The number of nitrogens with zero attached hydrogens (tertiary/aromatic N) is 2. The van der Waals surface area contributed by atoms with Crippen LogP contribution in [-0.2, 0) is 9.53 Å². The van der Waals surface area contributed by atoms with Crippen LogP contribution in [-0.4, -0.2) is 62.1 Å². The van der Waals surface area contributed by atoms with E-state index < -0.39 is 0 Å². The summed E-state index contributed by atoms with van der Waals surface area (Å²) in [5, 5.41) is 0. The minimum Gasteiger partial charge on any atom is -0.465 e. The Balaban J connectivity index is 2.17. The first-order valence-corrected chi connectivity index (χ1v) is 5.70. The molecule has 0 aromatic heterocycles. The van der Waals surface area contributed by atoms with Gasteiger partial charge in [-0.3, -0.25) is 9.69 Å². The first-order valence-electron chi connectivity index (χ1n) is 5.70. The molecular weight excluding hydrogens is 192 g/mol. The molecule has 15 heavy (non-hydrogen) atoms. The molecule has 1 aliphatic heterocycles. The predicted octanol–water partition coefficient (Wildman–Crippen LogP) is 0.575. The van der Waals surface area contributed by atoms with E-state index >= 15 is 0 Å². The van der Waals surface area contributed by atoms with Crippen LogP contribution in [0.1, 0.15) is 19.8 Å². The van der Waals surface area contributed by atoms with Crippen molar-refractivity contribution in [1.29, 1.82) is 0 Å². The van der Waals surface area contributed by atoms with Gasteiger partial charge in [-0.15, -0.1) is 0 Å². The highest BCUT2D eigenvalue weighted by molar-refractivity contribution is 5.76. The molecule has 0 amide bonds. The maximum Gasteiger partial charge on any atom is 0.323 e. The monoisotopic (exact) mass is 214 g/mol. The second-order valence-corrected chi connectivity index (χ2v) is 4.25. The van der Waals surface area contributed by atoms with E-state index in [1.165, 1.54) is 0 Å². The van der Waals surface area contributed by atoms with Gasteiger partial charge < -0.3 is 9.64 Å². The fourth-order valence-corrected chi connectivity index (χ4v) is 1.80. The van der Waals surface area contributed by atoms with Crippen molar-refractivity contribution in [1.82, 2.24) is 9.80 Å². The Bertz CT molecular complexity index is 207. The maximum absolute atomic E-state index is 11.5. The normalized spacial score (nSPS) is 21.5. The highest BCUT2D eigenvalue weighted by Gasteiger charge is 2.34. The van der Waals surface area contributed by atoms with Crippen LogP contribution >= 0.6 is 0 Å². The third-order valence-corrected chi connectivity index (χ3v) is 2.74. The zero-order valence-electron chi connectivity index (χ0n) is 10.0. The Morgan fingerprint density at radius 3 is 2.73 bits per heavy atom. The number of carbonyl (C=O) groups excluding carboxylic acids is 1. The molecule has 88 valence electrons.